The average Bonchev–Trinajstić information content (AvgIpc) is 2.23. The number of aromatic nitrogens is 1. The summed E-state index contributed by atoms with van der Waals surface area (Å²) < 4.78 is 42.5. The van der Waals surface area contributed by atoms with Crippen molar-refractivity contribution in [2.75, 3.05) is 6.61 Å². The number of carbonyl (C=O) groups excluding carboxylic acids is 1. The third-order valence-electron chi connectivity index (χ3n) is 1.89. The lowest BCUT2D eigenvalue weighted by atomic mass is 10.2. The molecule has 0 amide bonds. The fourth-order valence-electron chi connectivity index (χ4n) is 1.15. The van der Waals surface area contributed by atoms with E-state index in [9.17, 15) is 18.0 Å². The number of esters is 1. The Morgan fingerprint density at radius 3 is 2.71 bits per heavy atom. The molecule has 1 rings (SSSR count). The van der Waals surface area contributed by atoms with Gasteiger partial charge < -0.3 is 4.74 Å². The van der Waals surface area contributed by atoms with E-state index >= 15 is 0 Å². The number of hydrogen-bond donors (Lipinski definition) is 0. The number of halogens is 4. The number of pyridine rings is 1. The van der Waals surface area contributed by atoms with Crippen molar-refractivity contribution in [1.29, 1.82) is 0 Å². The number of ether oxygens (including phenoxy) is 1. The first kappa shape index (κ1) is 13.8. The van der Waals surface area contributed by atoms with Crippen LogP contribution >= 0.6 is 11.6 Å². The number of alkyl halides is 2. The molecule has 0 N–H and O–H groups in total. The van der Waals surface area contributed by atoms with Crippen LogP contribution in [-0.2, 0) is 16.0 Å². The van der Waals surface area contributed by atoms with Crippen LogP contribution in [0.5, 0.6) is 0 Å². The summed E-state index contributed by atoms with van der Waals surface area (Å²) in [6, 6.07) is 0.561. The van der Waals surface area contributed by atoms with E-state index in [1.807, 2.05) is 0 Å². The lowest BCUT2D eigenvalue weighted by molar-refractivity contribution is -0.142. The molecule has 1 aromatic rings. The molecule has 0 bridgehead atoms. The van der Waals surface area contributed by atoms with E-state index in [2.05, 4.69) is 9.72 Å². The monoisotopic (exact) mass is 267 g/mol. The molecule has 0 aliphatic carbocycles. The lowest BCUT2D eigenvalue weighted by Crippen LogP contribution is -2.10. The smallest absolute Gasteiger partial charge is 0.310 e. The SMILES string of the molecule is CCOC(=O)Cc1c(F)cc(C(F)F)nc1Cl. The molecule has 0 aromatic carbocycles. The molecule has 0 radical (unpaired) electrons. The Kier molecular flexibility index (Phi) is 4.74. The Labute approximate surface area is 101 Å². The van der Waals surface area contributed by atoms with Crippen molar-refractivity contribution < 1.29 is 22.7 Å². The van der Waals surface area contributed by atoms with Gasteiger partial charge in [-0.1, -0.05) is 11.6 Å². The predicted octanol–water partition coefficient (Wildman–Crippen LogP) is 2.92. The molecule has 0 saturated carbocycles. The maximum Gasteiger partial charge on any atom is 0.310 e. The van der Waals surface area contributed by atoms with Crippen LogP contribution < -0.4 is 0 Å². The van der Waals surface area contributed by atoms with Gasteiger partial charge in [0.05, 0.1) is 13.0 Å². The molecule has 3 nitrogen and oxygen atoms in total. The van der Waals surface area contributed by atoms with Crippen LogP contribution in [0.1, 0.15) is 24.6 Å². The number of nitrogens with zero attached hydrogens (tertiary/aromatic N) is 1. The van der Waals surface area contributed by atoms with Crippen LogP contribution in [0.15, 0.2) is 6.07 Å². The summed E-state index contributed by atoms with van der Waals surface area (Å²) in [5.41, 5.74) is -1.00. The summed E-state index contributed by atoms with van der Waals surface area (Å²) in [5, 5.41) is -0.451. The zero-order valence-corrected chi connectivity index (χ0v) is 9.60. The molecule has 0 aliphatic heterocycles. The van der Waals surface area contributed by atoms with Gasteiger partial charge in [-0.15, -0.1) is 0 Å². The zero-order chi connectivity index (χ0) is 13.0. The van der Waals surface area contributed by atoms with E-state index in [-0.39, 0.29) is 12.2 Å². The second-order valence-corrected chi connectivity index (χ2v) is 3.44. The van der Waals surface area contributed by atoms with E-state index in [1.54, 1.807) is 6.92 Å². The fourth-order valence-corrected chi connectivity index (χ4v) is 1.41. The molecule has 0 saturated heterocycles. The number of hydrogen-bond acceptors (Lipinski definition) is 3. The molecule has 0 spiro atoms. The quantitative estimate of drug-likeness (QED) is 0.622. The van der Waals surface area contributed by atoms with Crippen molar-refractivity contribution in [3.63, 3.8) is 0 Å². The lowest BCUT2D eigenvalue weighted by Gasteiger charge is -2.07. The Balaban J connectivity index is 2.97. The molecule has 0 unspecified atom stereocenters. The molecule has 0 aliphatic rings. The molecule has 94 valence electrons. The first-order valence-electron chi connectivity index (χ1n) is 4.74. The van der Waals surface area contributed by atoms with Gasteiger partial charge >= 0.3 is 5.97 Å². The Hall–Kier alpha value is -1.30. The zero-order valence-electron chi connectivity index (χ0n) is 8.84. The minimum Gasteiger partial charge on any atom is -0.466 e. The van der Waals surface area contributed by atoms with Crippen molar-refractivity contribution in [2.24, 2.45) is 0 Å². The van der Waals surface area contributed by atoms with Crippen molar-refractivity contribution in [1.82, 2.24) is 4.98 Å². The maximum absolute atomic E-state index is 13.4. The average molecular weight is 268 g/mol. The topological polar surface area (TPSA) is 39.2 Å². The van der Waals surface area contributed by atoms with E-state index in [0.717, 1.165) is 0 Å². The molecule has 1 heterocycles. The molecule has 0 fully saturated rings. The largest absolute Gasteiger partial charge is 0.466 e. The highest BCUT2D eigenvalue weighted by Crippen LogP contribution is 2.24. The number of rotatable bonds is 4. The highest BCUT2D eigenvalue weighted by molar-refractivity contribution is 6.30. The van der Waals surface area contributed by atoms with Crippen molar-refractivity contribution in [3.8, 4) is 0 Å². The van der Waals surface area contributed by atoms with Crippen LogP contribution in [0.3, 0.4) is 0 Å². The summed E-state index contributed by atoms with van der Waals surface area (Å²) in [4.78, 5) is 14.4. The predicted molar refractivity (Wildman–Crippen MR) is 54.5 cm³/mol. The third-order valence-corrected chi connectivity index (χ3v) is 2.20. The first-order chi connectivity index (χ1) is 7.95. The van der Waals surface area contributed by atoms with Gasteiger partial charge in [0.1, 0.15) is 16.7 Å². The minimum atomic E-state index is -2.92. The third kappa shape index (κ3) is 3.59. The molecular weight excluding hydrogens is 259 g/mol. The van der Waals surface area contributed by atoms with E-state index in [1.165, 1.54) is 0 Å². The van der Waals surface area contributed by atoms with Crippen LogP contribution in [-0.4, -0.2) is 17.6 Å². The van der Waals surface area contributed by atoms with Crippen LogP contribution in [0.2, 0.25) is 5.15 Å². The Bertz CT molecular complexity index is 403. The summed E-state index contributed by atoms with van der Waals surface area (Å²) >= 11 is 5.53. The van der Waals surface area contributed by atoms with Gasteiger partial charge in [0.15, 0.2) is 0 Å². The van der Waals surface area contributed by atoms with Gasteiger partial charge in [-0.25, -0.2) is 18.2 Å². The van der Waals surface area contributed by atoms with Crippen molar-refractivity contribution in [3.05, 3.63) is 28.3 Å². The Morgan fingerprint density at radius 1 is 1.59 bits per heavy atom. The van der Waals surface area contributed by atoms with Crippen molar-refractivity contribution >= 4 is 17.6 Å². The molecule has 7 heteroatoms. The summed E-state index contributed by atoms with van der Waals surface area (Å²) in [7, 11) is 0. The highest BCUT2D eigenvalue weighted by Gasteiger charge is 2.19. The van der Waals surface area contributed by atoms with Gasteiger partial charge in [-0.2, -0.15) is 0 Å². The van der Waals surface area contributed by atoms with Gasteiger partial charge in [0.25, 0.3) is 6.43 Å². The van der Waals surface area contributed by atoms with E-state index in [0.29, 0.717) is 6.07 Å². The minimum absolute atomic E-state index is 0.140. The van der Waals surface area contributed by atoms with Crippen molar-refractivity contribution in [2.45, 2.75) is 19.8 Å². The van der Waals surface area contributed by atoms with Crippen LogP contribution in [0, 0.1) is 5.82 Å². The second-order valence-electron chi connectivity index (χ2n) is 3.08. The van der Waals surface area contributed by atoms with E-state index < -0.39 is 35.5 Å². The molecule has 1 aromatic heterocycles. The summed E-state index contributed by atoms with van der Waals surface area (Å²) in [6.45, 7) is 1.73. The first-order valence-corrected chi connectivity index (χ1v) is 5.12. The molecule has 17 heavy (non-hydrogen) atoms. The van der Waals surface area contributed by atoms with Gasteiger partial charge in [0.2, 0.25) is 0 Å². The summed E-state index contributed by atoms with van der Waals surface area (Å²) in [5.74, 6) is -1.69. The molecular formula is C10H9ClF3NO2. The van der Waals surface area contributed by atoms with Gasteiger partial charge in [-0.3, -0.25) is 4.79 Å². The van der Waals surface area contributed by atoms with Crippen LogP contribution in [0.25, 0.3) is 0 Å². The standard InChI is InChI=1S/C10H9ClF3NO2/c1-2-17-8(16)3-5-6(12)4-7(10(13)14)15-9(5)11/h4,10H,2-3H2,1H3. The second kappa shape index (κ2) is 5.86. The normalized spacial score (nSPS) is 10.7. The van der Waals surface area contributed by atoms with Gasteiger partial charge in [-0.05, 0) is 6.92 Å². The maximum atomic E-state index is 13.4. The fraction of sp³-hybridized carbons (Fsp3) is 0.400. The Morgan fingerprint density at radius 2 is 2.24 bits per heavy atom. The molecule has 0 atom stereocenters. The van der Waals surface area contributed by atoms with E-state index in [4.69, 9.17) is 11.6 Å². The van der Waals surface area contributed by atoms with Gasteiger partial charge in [0, 0.05) is 11.6 Å². The highest BCUT2D eigenvalue weighted by atomic mass is 35.5. The number of carbonyl (C=O) groups is 1. The van der Waals surface area contributed by atoms with Crippen LogP contribution in [0.4, 0.5) is 13.2 Å². The summed E-state index contributed by atoms with van der Waals surface area (Å²) in [6.07, 6.45) is -3.35.